The molecule has 0 radical (unpaired) electrons. The first kappa shape index (κ1) is 18.2. The molecule has 27 heavy (non-hydrogen) atoms. The average molecular weight is 387 g/mol. The third kappa shape index (κ3) is 2.88. The first-order valence-corrected chi connectivity index (χ1v) is 9.46. The summed E-state index contributed by atoms with van der Waals surface area (Å²) in [5, 5.41) is 11.1. The number of hydrogen-bond acceptors (Lipinski definition) is 3. The maximum Gasteiger partial charge on any atom is 0.195 e. The summed E-state index contributed by atoms with van der Waals surface area (Å²) < 4.78 is 20.0. The molecule has 0 aromatic heterocycles. The molecule has 0 spiro atoms. The zero-order valence-electron chi connectivity index (χ0n) is 15.2. The van der Waals surface area contributed by atoms with Crippen LogP contribution in [0.4, 0.5) is 4.39 Å². The molecule has 3 nitrogen and oxygen atoms in total. The molecule has 1 N–H and O–H groups in total. The fourth-order valence-electron chi connectivity index (χ4n) is 4.02. The van der Waals surface area contributed by atoms with Crippen LogP contribution < -0.4 is 0 Å². The normalized spacial score (nSPS) is 24.6. The molecule has 2 aromatic carbocycles. The van der Waals surface area contributed by atoms with Gasteiger partial charge in [-0.2, -0.15) is 0 Å². The smallest absolute Gasteiger partial charge is 0.195 e. The molecule has 2 atom stereocenters. The van der Waals surface area contributed by atoms with E-state index in [0.29, 0.717) is 46.5 Å². The lowest BCUT2D eigenvalue weighted by molar-refractivity contribution is -0.130. The second kappa shape index (κ2) is 6.47. The number of hydrogen-bond donors (Lipinski definition) is 1. The van der Waals surface area contributed by atoms with Crippen LogP contribution in [-0.2, 0) is 16.0 Å². The number of carbonyl (C=O) groups is 1. The topological polar surface area (TPSA) is 46.5 Å². The van der Waals surface area contributed by atoms with Crippen molar-refractivity contribution >= 4 is 23.0 Å². The van der Waals surface area contributed by atoms with Crippen molar-refractivity contribution < 1.29 is 19.0 Å². The van der Waals surface area contributed by atoms with Gasteiger partial charge in [0.25, 0.3) is 0 Å². The maximum absolute atomic E-state index is 14.3. The fraction of sp³-hybridized carbons (Fsp3) is 0.318. The highest BCUT2D eigenvalue weighted by atomic mass is 35.5. The summed E-state index contributed by atoms with van der Waals surface area (Å²) in [6.45, 7) is 3.79. The summed E-state index contributed by atoms with van der Waals surface area (Å²) in [4.78, 5) is 12.8. The first-order chi connectivity index (χ1) is 12.8. The van der Waals surface area contributed by atoms with Crippen molar-refractivity contribution in [1.82, 2.24) is 0 Å². The minimum absolute atomic E-state index is 0.00127. The number of ether oxygens (including phenoxy) is 1. The molecule has 1 saturated heterocycles. The Kier molecular flexibility index (Phi) is 4.36. The molecule has 0 saturated carbocycles. The van der Waals surface area contributed by atoms with E-state index in [9.17, 15) is 14.3 Å². The zero-order valence-corrected chi connectivity index (χ0v) is 15.9. The van der Waals surface area contributed by atoms with Crippen LogP contribution >= 0.6 is 11.6 Å². The summed E-state index contributed by atoms with van der Waals surface area (Å²) in [6.07, 6.45) is 1.37. The van der Waals surface area contributed by atoms with Gasteiger partial charge in [0.15, 0.2) is 5.78 Å². The Morgan fingerprint density at radius 2 is 2.00 bits per heavy atom. The van der Waals surface area contributed by atoms with Gasteiger partial charge in [0.2, 0.25) is 0 Å². The number of ketones is 1. The second-order valence-electron chi connectivity index (χ2n) is 7.31. The van der Waals surface area contributed by atoms with Crippen LogP contribution in [0.25, 0.3) is 16.7 Å². The molecule has 0 unspecified atom stereocenters. The van der Waals surface area contributed by atoms with Gasteiger partial charge in [0.05, 0.1) is 5.57 Å². The van der Waals surface area contributed by atoms with Crippen molar-refractivity contribution in [1.29, 1.82) is 0 Å². The quantitative estimate of drug-likeness (QED) is 0.757. The number of aliphatic hydroxyl groups is 1. The van der Waals surface area contributed by atoms with Gasteiger partial charge in [0, 0.05) is 10.6 Å². The predicted molar refractivity (Wildman–Crippen MR) is 103 cm³/mol. The van der Waals surface area contributed by atoms with Gasteiger partial charge in [-0.15, -0.1) is 0 Å². The Balaban J connectivity index is 1.84. The lowest BCUT2D eigenvalue weighted by atomic mass is 9.87. The molecule has 0 aliphatic carbocycles. The molecule has 140 valence electrons. The Labute approximate surface area is 162 Å². The molecule has 1 fully saturated rings. The van der Waals surface area contributed by atoms with Gasteiger partial charge in [0.1, 0.15) is 23.3 Å². The molecule has 2 aromatic rings. The van der Waals surface area contributed by atoms with Crippen LogP contribution in [-0.4, -0.2) is 22.6 Å². The highest BCUT2D eigenvalue weighted by Gasteiger charge is 2.50. The maximum atomic E-state index is 14.3. The molecule has 2 aliphatic rings. The van der Waals surface area contributed by atoms with Crippen molar-refractivity contribution in [3.63, 3.8) is 0 Å². The number of carbonyl (C=O) groups excluding carboxylic acids is 1. The number of aliphatic hydroxyl groups excluding tert-OH is 1. The van der Waals surface area contributed by atoms with E-state index in [0.717, 1.165) is 5.56 Å². The van der Waals surface area contributed by atoms with Gasteiger partial charge < -0.3 is 9.84 Å². The van der Waals surface area contributed by atoms with E-state index in [2.05, 4.69) is 0 Å². The van der Waals surface area contributed by atoms with E-state index < -0.39 is 17.5 Å². The minimum Gasteiger partial charge on any atom is -0.508 e. The van der Waals surface area contributed by atoms with E-state index in [1.165, 1.54) is 6.07 Å². The van der Waals surface area contributed by atoms with Crippen molar-refractivity contribution in [2.45, 2.75) is 44.8 Å². The SMILES string of the molecule is CCc1cc(-c2ccc(Cl)cc2F)ccc1C1=C(O)[C@@]2(C)CC[C@H](O2)C1=O. The molecular formula is C22H20ClFO3. The van der Waals surface area contributed by atoms with Crippen molar-refractivity contribution in [3.05, 3.63) is 64.1 Å². The molecule has 0 amide bonds. The molecule has 2 bridgehead atoms. The number of halogens is 2. The van der Waals surface area contributed by atoms with Crippen LogP contribution in [0.3, 0.4) is 0 Å². The molecule has 2 heterocycles. The second-order valence-corrected chi connectivity index (χ2v) is 7.75. The lowest BCUT2D eigenvalue weighted by Gasteiger charge is -2.31. The van der Waals surface area contributed by atoms with Crippen LogP contribution in [0, 0.1) is 5.82 Å². The van der Waals surface area contributed by atoms with Crippen LogP contribution in [0.5, 0.6) is 0 Å². The monoisotopic (exact) mass is 386 g/mol. The van der Waals surface area contributed by atoms with E-state index >= 15 is 0 Å². The number of aryl methyl sites for hydroxylation is 1. The van der Waals surface area contributed by atoms with Gasteiger partial charge in [-0.25, -0.2) is 4.39 Å². The summed E-state index contributed by atoms with van der Waals surface area (Å²) in [5.41, 5.74) is 2.26. The largest absolute Gasteiger partial charge is 0.508 e. The minimum atomic E-state index is -0.806. The molecule has 4 rings (SSSR count). The van der Waals surface area contributed by atoms with Crippen molar-refractivity contribution in [3.8, 4) is 11.1 Å². The first-order valence-electron chi connectivity index (χ1n) is 9.08. The summed E-state index contributed by atoms with van der Waals surface area (Å²) in [6, 6.07) is 10.0. The number of fused-ring (bicyclic) bond motifs is 2. The highest BCUT2D eigenvalue weighted by molar-refractivity contribution is 6.30. The van der Waals surface area contributed by atoms with Crippen molar-refractivity contribution in [2.24, 2.45) is 0 Å². The number of Topliss-reactive ketones (excluding diaryl/α,β-unsaturated/α-hetero) is 1. The third-order valence-corrected chi connectivity index (χ3v) is 5.80. The molecular weight excluding hydrogens is 367 g/mol. The van der Waals surface area contributed by atoms with Crippen molar-refractivity contribution in [2.75, 3.05) is 0 Å². The van der Waals surface area contributed by atoms with Gasteiger partial charge in [-0.1, -0.05) is 36.7 Å². The van der Waals surface area contributed by atoms with Gasteiger partial charge in [-0.3, -0.25) is 4.79 Å². The van der Waals surface area contributed by atoms with Crippen LogP contribution in [0.2, 0.25) is 5.02 Å². The molecule has 5 heteroatoms. The number of rotatable bonds is 3. The van der Waals surface area contributed by atoms with Crippen LogP contribution in [0.1, 0.15) is 37.8 Å². The highest BCUT2D eigenvalue weighted by Crippen LogP contribution is 2.45. The van der Waals surface area contributed by atoms with E-state index in [1.807, 2.05) is 19.9 Å². The Morgan fingerprint density at radius 3 is 2.70 bits per heavy atom. The third-order valence-electron chi connectivity index (χ3n) is 5.56. The fourth-order valence-corrected chi connectivity index (χ4v) is 4.18. The zero-order chi connectivity index (χ0) is 19.3. The predicted octanol–water partition coefficient (Wildman–Crippen LogP) is 5.50. The molecule has 2 aliphatic heterocycles. The average Bonchev–Trinajstić information content (AvgIpc) is 3.02. The summed E-state index contributed by atoms with van der Waals surface area (Å²) >= 11 is 5.84. The van der Waals surface area contributed by atoms with E-state index in [1.54, 1.807) is 24.3 Å². The summed E-state index contributed by atoms with van der Waals surface area (Å²) in [5.74, 6) is -0.573. The Bertz CT molecular complexity index is 982. The number of benzene rings is 2. The van der Waals surface area contributed by atoms with Gasteiger partial charge in [-0.05, 0) is 61.1 Å². The van der Waals surface area contributed by atoms with E-state index in [-0.39, 0.29) is 11.5 Å². The Hall–Kier alpha value is -2.17. The Morgan fingerprint density at radius 1 is 1.26 bits per heavy atom. The van der Waals surface area contributed by atoms with Crippen LogP contribution in [0.15, 0.2) is 42.2 Å². The van der Waals surface area contributed by atoms with Gasteiger partial charge >= 0.3 is 0 Å². The summed E-state index contributed by atoms with van der Waals surface area (Å²) in [7, 11) is 0. The lowest BCUT2D eigenvalue weighted by Crippen LogP contribution is -2.37. The standard InChI is InChI=1S/C22H20ClFO3/c1-3-12-10-13(15-7-5-14(23)11-17(15)24)4-6-16(12)19-20(25)18-8-9-22(2,27-18)21(19)26/h4-7,10-11,18,26H,3,8-9H2,1-2H3/t18-,22+/m0/s1. The van der Waals surface area contributed by atoms with E-state index in [4.69, 9.17) is 16.3 Å².